The fourth-order valence-electron chi connectivity index (χ4n) is 1.83. The first-order valence-electron chi connectivity index (χ1n) is 4.89. The Bertz CT molecular complexity index is 467. The monoisotopic (exact) mass is 248 g/mol. The van der Waals surface area contributed by atoms with Crippen LogP contribution < -0.4 is 0 Å². The Kier molecular flexibility index (Phi) is 2.60. The molecule has 0 aromatic heterocycles. The molecule has 17 heavy (non-hydrogen) atoms. The van der Waals surface area contributed by atoms with Crippen molar-refractivity contribution in [3.63, 3.8) is 0 Å². The molecule has 6 heteroatoms. The van der Waals surface area contributed by atoms with Gasteiger partial charge in [0.15, 0.2) is 0 Å². The largest absolute Gasteiger partial charge is 0.481 e. The summed E-state index contributed by atoms with van der Waals surface area (Å²) in [6.07, 6.45) is -4.36. The lowest BCUT2D eigenvalue weighted by Gasteiger charge is -2.09. The second-order valence-corrected chi connectivity index (χ2v) is 4.06. The van der Waals surface area contributed by atoms with E-state index in [-0.39, 0.29) is 12.0 Å². The molecule has 0 radical (unpaired) electrons. The second kappa shape index (κ2) is 3.72. The highest BCUT2D eigenvalue weighted by Gasteiger charge is 2.45. The van der Waals surface area contributed by atoms with Crippen LogP contribution in [0.2, 0.25) is 0 Å². The Morgan fingerprint density at radius 1 is 1.29 bits per heavy atom. The predicted molar refractivity (Wildman–Crippen MR) is 49.9 cm³/mol. The standard InChI is InChI=1S/C11H8F4O2/c12-7-2-5(8-4-9(8)10(16)17)1-6(3-7)11(13,14)15/h1-3,8-9H,4H2,(H,16,17)/t8-,9+/m0/s1. The third kappa shape index (κ3) is 2.40. The molecule has 2 nitrogen and oxygen atoms in total. The Hall–Kier alpha value is -1.59. The highest BCUT2D eigenvalue weighted by Crippen LogP contribution is 2.48. The second-order valence-electron chi connectivity index (χ2n) is 4.06. The molecule has 1 aliphatic rings. The minimum atomic E-state index is -4.62. The van der Waals surface area contributed by atoms with Crippen LogP contribution in [0.1, 0.15) is 23.5 Å². The number of alkyl halides is 3. The number of benzene rings is 1. The van der Waals surface area contributed by atoms with Gasteiger partial charge in [-0.2, -0.15) is 13.2 Å². The Morgan fingerprint density at radius 2 is 1.94 bits per heavy atom. The zero-order valence-corrected chi connectivity index (χ0v) is 8.46. The van der Waals surface area contributed by atoms with Crippen molar-refractivity contribution in [1.29, 1.82) is 0 Å². The normalized spacial score (nSPS) is 23.5. The first-order chi connectivity index (χ1) is 7.79. The van der Waals surface area contributed by atoms with E-state index in [9.17, 15) is 22.4 Å². The van der Waals surface area contributed by atoms with Crippen LogP contribution in [0.4, 0.5) is 17.6 Å². The van der Waals surface area contributed by atoms with E-state index in [4.69, 9.17) is 5.11 Å². The molecule has 0 heterocycles. The van der Waals surface area contributed by atoms with Crippen LogP contribution in [0.15, 0.2) is 18.2 Å². The van der Waals surface area contributed by atoms with Crippen molar-refractivity contribution in [3.05, 3.63) is 35.1 Å². The maximum atomic E-state index is 13.0. The molecule has 92 valence electrons. The summed E-state index contributed by atoms with van der Waals surface area (Å²) in [7, 11) is 0. The van der Waals surface area contributed by atoms with Gasteiger partial charge in [-0.05, 0) is 36.1 Å². The maximum Gasteiger partial charge on any atom is 0.416 e. The summed E-state index contributed by atoms with van der Waals surface area (Å²) in [6, 6.07) is 2.18. The molecular weight excluding hydrogens is 240 g/mol. The summed E-state index contributed by atoms with van der Waals surface area (Å²) in [5, 5.41) is 8.67. The highest BCUT2D eigenvalue weighted by molar-refractivity contribution is 5.75. The minimum Gasteiger partial charge on any atom is -0.481 e. The first-order valence-corrected chi connectivity index (χ1v) is 4.89. The number of carbonyl (C=O) groups is 1. The van der Waals surface area contributed by atoms with Gasteiger partial charge in [0.05, 0.1) is 11.5 Å². The number of carboxylic acid groups (broad SMARTS) is 1. The topological polar surface area (TPSA) is 37.3 Å². The predicted octanol–water partition coefficient (Wildman–Crippen LogP) is 3.03. The lowest BCUT2D eigenvalue weighted by molar-refractivity contribution is -0.138. The SMILES string of the molecule is O=C(O)[C@@H]1C[C@H]1c1cc(F)cc(C(F)(F)F)c1. The van der Waals surface area contributed by atoms with E-state index in [1.165, 1.54) is 0 Å². The lowest BCUT2D eigenvalue weighted by Crippen LogP contribution is -2.07. The summed E-state index contributed by atoms with van der Waals surface area (Å²) >= 11 is 0. The van der Waals surface area contributed by atoms with Gasteiger partial charge in [0, 0.05) is 0 Å². The molecule has 0 bridgehead atoms. The fourth-order valence-corrected chi connectivity index (χ4v) is 1.83. The number of aliphatic carboxylic acids is 1. The quantitative estimate of drug-likeness (QED) is 0.817. The van der Waals surface area contributed by atoms with Crippen LogP contribution in [-0.2, 0) is 11.0 Å². The Balaban J connectivity index is 2.31. The summed E-state index contributed by atoms with van der Waals surface area (Å²) in [6.45, 7) is 0. The molecule has 0 spiro atoms. The van der Waals surface area contributed by atoms with Crippen LogP contribution in [0, 0.1) is 11.7 Å². The van der Waals surface area contributed by atoms with Crippen molar-refractivity contribution in [2.24, 2.45) is 5.92 Å². The van der Waals surface area contributed by atoms with Crippen LogP contribution in [0.3, 0.4) is 0 Å². The summed E-state index contributed by atoms with van der Waals surface area (Å²) in [5.41, 5.74) is -0.978. The van der Waals surface area contributed by atoms with Gasteiger partial charge in [0.1, 0.15) is 5.82 Å². The van der Waals surface area contributed by atoms with Gasteiger partial charge in [-0.1, -0.05) is 0 Å². The van der Waals surface area contributed by atoms with E-state index in [2.05, 4.69) is 0 Å². The lowest BCUT2D eigenvalue weighted by atomic mass is 10.0. The van der Waals surface area contributed by atoms with Crippen molar-refractivity contribution >= 4 is 5.97 Å². The number of carboxylic acids is 1. The van der Waals surface area contributed by atoms with Crippen molar-refractivity contribution in [2.45, 2.75) is 18.5 Å². The summed E-state index contributed by atoms with van der Waals surface area (Å²) < 4.78 is 50.2. The molecule has 1 aromatic rings. The van der Waals surface area contributed by atoms with Gasteiger partial charge in [-0.3, -0.25) is 4.79 Å². The van der Waals surface area contributed by atoms with E-state index >= 15 is 0 Å². The average molecular weight is 248 g/mol. The Morgan fingerprint density at radius 3 is 2.41 bits per heavy atom. The number of rotatable bonds is 2. The first kappa shape index (κ1) is 11.9. The van der Waals surface area contributed by atoms with Crippen molar-refractivity contribution < 1.29 is 27.5 Å². The molecule has 0 aliphatic heterocycles. The van der Waals surface area contributed by atoms with E-state index in [1.54, 1.807) is 0 Å². The molecule has 1 N–H and O–H groups in total. The van der Waals surface area contributed by atoms with Gasteiger partial charge in [-0.15, -0.1) is 0 Å². The zero-order chi connectivity index (χ0) is 12.8. The molecule has 1 aliphatic carbocycles. The van der Waals surface area contributed by atoms with Crippen molar-refractivity contribution in [2.75, 3.05) is 0 Å². The molecule has 2 atom stereocenters. The fraction of sp³-hybridized carbons (Fsp3) is 0.364. The van der Waals surface area contributed by atoms with Gasteiger partial charge >= 0.3 is 12.1 Å². The minimum absolute atomic E-state index is 0.102. The third-order valence-electron chi connectivity index (χ3n) is 2.78. The van der Waals surface area contributed by atoms with Gasteiger partial charge in [0.2, 0.25) is 0 Å². The molecule has 1 saturated carbocycles. The molecular formula is C11H8F4O2. The third-order valence-corrected chi connectivity index (χ3v) is 2.78. The summed E-state index contributed by atoms with van der Waals surface area (Å²) in [4.78, 5) is 10.6. The van der Waals surface area contributed by atoms with Crippen LogP contribution in [0.25, 0.3) is 0 Å². The molecule has 1 fully saturated rings. The van der Waals surface area contributed by atoms with Gasteiger partial charge in [0.25, 0.3) is 0 Å². The molecule has 1 aromatic carbocycles. The van der Waals surface area contributed by atoms with Crippen molar-refractivity contribution in [1.82, 2.24) is 0 Å². The van der Waals surface area contributed by atoms with Gasteiger partial charge < -0.3 is 5.11 Å². The van der Waals surface area contributed by atoms with Crippen LogP contribution >= 0.6 is 0 Å². The number of hydrogen-bond donors (Lipinski definition) is 1. The number of hydrogen-bond acceptors (Lipinski definition) is 1. The van der Waals surface area contributed by atoms with E-state index in [0.717, 1.165) is 12.1 Å². The molecule has 0 amide bonds. The molecule has 0 unspecified atom stereocenters. The summed E-state index contributed by atoms with van der Waals surface area (Å²) in [5.74, 6) is -3.26. The van der Waals surface area contributed by atoms with E-state index in [1.807, 2.05) is 0 Å². The van der Waals surface area contributed by atoms with Crippen molar-refractivity contribution in [3.8, 4) is 0 Å². The Labute approximate surface area is 93.9 Å². The average Bonchev–Trinajstić information content (AvgIpc) is 2.94. The van der Waals surface area contributed by atoms with Gasteiger partial charge in [-0.25, -0.2) is 4.39 Å². The maximum absolute atomic E-state index is 13.0. The smallest absolute Gasteiger partial charge is 0.416 e. The van der Waals surface area contributed by atoms with Crippen LogP contribution in [0.5, 0.6) is 0 Å². The zero-order valence-electron chi connectivity index (χ0n) is 8.46. The number of halogens is 4. The highest BCUT2D eigenvalue weighted by atomic mass is 19.4. The van der Waals surface area contributed by atoms with E-state index in [0.29, 0.717) is 6.07 Å². The molecule has 2 rings (SSSR count). The van der Waals surface area contributed by atoms with E-state index < -0.39 is 35.4 Å². The molecule has 0 saturated heterocycles. The van der Waals surface area contributed by atoms with Crippen LogP contribution in [-0.4, -0.2) is 11.1 Å².